The van der Waals surface area contributed by atoms with Crippen LogP contribution in [0.1, 0.15) is 23.3 Å². The highest BCUT2D eigenvalue weighted by Crippen LogP contribution is 2.07. The van der Waals surface area contributed by atoms with Gasteiger partial charge in [-0.15, -0.1) is 0 Å². The van der Waals surface area contributed by atoms with Crippen molar-refractivity contribution in [3.05, 3.63) is 28.5 Å². The molecule has 1 aromatic heterocycles. The van der Waals surface area contributed by atoms with E-state index in [1.807, 2.05) is 20.2 Å². The number of nitrogens with one attached hydrogen (secondary N) is 1. The normalized spacial score (nSPS) is 10.6. The Morgan fingerprint density at radius 3 is 2.76 bits per heavy atom. The van der Waals surface area contributed by atoms with Crippen LogP contribution in [0.25, 0.3) is 0 Å². The maximum absolute atomic E-state index is 11.7. The Hall–Kier alpha value is -0.940. The predicted octanol–water partition coefficient (Wildman–Crippen LogP) is 1.92. The first-order valence-electron chi connectivity index (χ1n) is 5.64. The largest absolute Gasteiger partial charge is 0.351 e. The molecule has 0 aromatic carbocycles. The zero-order valence-corrected chi connectivity index (χ0v) is 11.8. The molecule has 0 atom stereocenters. The number of pyridine rings is 1. The maximum Gasteiger partial charge on any atom is 0.269 e. The fourth-order valence-electron chi connectivity index (χ4n) is 1.36. The van der Waals surface area contributed by atoms with Crippen molar-refractivity contribution in [2.24, 2.45) is 0 Å². The average Bonchev–Trinajstić information content (AvgIpc) is 2.29. The topological polar surface area (TPSA) is 45.2 Å². The lowest BCUT2D eigenvalue weighted by atomic mass is 10.3. The third-order valence-electron chi connectivity index (χ3n) is 2.28. The number of carbonyl (C=O) groups is 1. The average molecular weight is 296 g/mol. The summed E-state index contributed by atoms with van der Waals surface area (Å²) in [6.07, 6.45) is 3.70. The van der Waals surface area contributed by atoms with Gasteiger partial charge in [-0.1, -0.05) is 0 Å². The molecule has 0 aliphatic heterocycles. The molecule has 4 nitrogen and oxygen atoms in total. The van der Waals surface area contributed by atoms with E-state index >= 15 is 0 Å². The Morgan fingerprint density at radius 2 is 2.18 bits per heavy atom. The molecule has 0 spiro atoms. The van der Waals surface area contributed by atoms with Crippen LogP contribution in [0.5, 0.6) is 0 Å². The lowest BCUT2D eigenvalue weighted by Gasteiger charge is -2.09. The summed E-state index contributed by atoms with van der Waals surface area (Å²) in [6.45, 7) is 1.75. The van der Waals surface area contributed by atoms with Gasteiger partial charge >= 0.3 is 0 Å². The summed E-state index contributed by atoms with van der Waals surface area (Å²) in [4.78, 5) is 17.8. The van der Waals surface area contributed by atoms with E-state index in [0.29, 0.717) is 12.2 Å². The Kier molecular flexibility index (Phi) is 6.15. The van der Waals surface area contributed by atoms with Gasteiger partial charge in [-0.25, -0.2) is 4.98 Å². The second-order valence-electron chi connectivity index (χ2n) is 4.13. The summed E-state index contributed by atoms with van der Waals surface area (Å²) in [5, 5.41) is 2.86. The second kappa shape index (κ2) is 7.40. The summed E-state index contributed by atoms with van der Waals surface area (Å²) < 4.78 is 0.875. The number of nitrogens with zero attached hydrogens (tertiary/aromatic N) is 2. The zero-order chi connectivity index (χ0) is 12.7. The number of rotatable bonds is 6. The Morgan fingerprint density at radius 1 is 1.41 bits per heavy atom. The third kappa shape index (κ3) is 5.79. The third-order valence-corrected chi connectivity index (χ3v) is 2.75. The molecular weight excluding hydrogens is 278 g/mol. The SMILES string of the molecule is CN(C)CCCCNC(=O)c1ccc([76Br])cn1. The van der Waals surface area contributed by atoms with Crippen molar-refractivity contribution in [3.8, 4) is 0 Å². The van der Waals surface area contributed by atoms with E-state index in [-0.39, 0.29) is 5.91 Å². The molecule has 1 amide bonds. The van der Waals surface area contributed by atoms with Crippen molar-refractivity contribution in [2.75, 3.05) is 27.2 Å². The number of amides is 1. The van der Waals surface area contributed by atoms with Crippen LogP contribution < -0.4 is 5.32 Å². The highest BCUT2D eigenvalue weighted by Gasteiger charge is 2.05. The molecule has 0 bridgehead atoms. The highest BCUT2D eigenvalue weighted by molar-refractivity contribution is 9.10. The zero-order valence-electron chi connectivity index (χ0n) is 10.2. The standard InChI is InChI=1S/C12H18BrN3O/c1-16(2)8-4-3-7-14-12(17)11-6-5-10(13)9-15-11/h5-6,9H,3-4,7-8H2,1-2H3,(H,14,17)/i13-4. The van der Waals surface area contributed by atoms with Gasteiger partial charge in [0.1, 0.15) is 5.69 Å². The van der Waals surface area contributed by atoms with Crippen LogP contribution in [-0.4, -0.2) is 43.0 Å². The number of carbonyl (C=O) groups excluding carboxylic acids is 1. The van der Waals surface area contributed by atoms with Gasteiger partial charge in [0.25, 0.3) is 5.91 Å². The molecule has 0 saturated carbocycles. The van der Waals surface area contributed by atoms with Gasteiger partial charge in [0, 0.05) is 17.2 Å². The van der Waals surface area contributed by atoms with Crippen molar-refractivity contribution in [2.45, 2.75) is 12.8 Å². The Bertz CT molecular complexity index is 351. The van der Waals surface area contributed by atoms with Gasteiger partial charge in [-0.2, -0.15) is 0 Å². The molecule has 0 unspecified atom stereocenters. The van der Waals surface area contributed by atoms with Crippen LogP contribution in [0.2, 0.25) is 0 Å². The molecule has 94 valence electrons. The van der Waals surface area contributed by atoms with Crippen LogP contribution in [0.3, 0.4) is 0 Å². The van der Waals surface area contributed by atoms with E-state index < -0.39 is 0 Å². The van der Waals surface area contributed by atoms with Gasteiger partial charge in [-0.3, -0.25) is 4.79 Å². The fourth-order valence-corrected chi connectivity index (χ4v) is 1.59. The Labute approximate surface area is 111 Å². The van der Waals surface area contributed by atoms with Gasteiger partial charge in [0.2, 0.25) is 0 Å². The monoisotopic (exact) mass is 296 g/mol. The molecule has 1 rings (SSSR count). The molecule has 1 heterocycles. The van der Waals surface area contributed by atoms with Crippen molar-refractivity contribution >= 4 is 21.8 Å². The van der Waals surface area contributed by atoms with E-state index in [0.717, 1.165) is 23.9 Å². The minimum atomic E-state index is -0.109. The maximum atomic E-state index is 11.7. The number of halogens is 1. The molecule has 0 radical (unpaired) electrons. The van der Waals surface area contributed by atoms with E-state index in [2.05, 4.69) is 31.1 Å². The van der Waals surface area contributed by atoms with Gasteiger partial charge < -0.3 is 10.2 Å². The molecule has 0 aliphatic rings. The van der Waals surface area contributed by atoms with Crippen molar-refractivity contribution in [3.63, 3.8) is 0 Å². The van der Waals surface area contributed by atoms with E-state index in [1.54, 1.807) is 12.3 Å². The first kappa shape index (κ1) is 14.1. The quantitative estimate of drug-likeness (QED) is 0.816. The minimum absolute atomic E-state index is 0.109. The summed E-state index contributed by atoms with van der Waals surface area (Å²) in [5.74, 6) is -0.109. The molecule has 1 N–H and O–H groups in total. The fraction of sp³-hybridized carbons (Fsp3) is 0.500. The van der Waals surface area contributed by atoms with E-state index in [1.165, 1.54) is 0 Å². The molecule has 1 aromatic rings. The molecular formula is C12H18BrN3O. The predicted molar refractivity (Wildman–Crippen MR) is 72.1 cm³/mol. The number of hydrogen-bond acceptors (Lipinski definition) is 3. The first-order chi connectivity index (χ1) is 8.09. The van der Waals surface area contributed by atoms with E-state index in [4.69, 9.17) is 0 Å². The van der Waals surface area contributed by atoms with Gasteiger partial charge in [-0.05, 0) is 61.5 Å². The molecule has 5 heteroatoms. The highest BCUT2D eigenvalue weighted by atomic mass is 75.9. The smallest absolute Gasteiger partial charge is 0.269 e. The summed E-state index contributed by atoms with van der Waals surface area (Å²) in [6, 6.07) is 3.52. The molecule has 0 fully saturated rings. The van der Waals surface area contributed by atoms with Crippen LogP contribution >= 0.6 is 15.9 Å². The minimum Gasteiger partial charge on any atom is -0.351 e. The van der Waals surface area contributed by atoms with Gasteiger partial charge in [0.05, 0.1) is 0 Å². The summed E-state index contributed by atoms with van der Waals surface area (Å²) in [5.41, 5.74) is 0.459. The van der Waals surface area contributed by atoms with Gasteiger partial charge in [0.15, 0.2) is 0 Å². The second-order valence-corrected chi connectivity index (χ2v) is 5.04. The number of aromatic nitrogens is 1. The summed E-state index contributed by atoms with van der Waals surface area (Å²) in [7, 11) is 4.09. The van der Waals surface area contributed by atoms with E-state index in [9.17, 15) is 4.79 Å². The van der Waals surface area contributed by atoms with Crippen molar-refractivity contribution < 1.29 is 4.79 Å². The molecule has 17 heavy (non-hydrogen) atoms. The van der Waals surface area contributed by atoms with Crippen LogP contribution in [0.4, 0.5) is 0 Å². The van der Waals surface area contributed by atoms with Crippen LogP contribution in [-0.2, 0) is 0 Å². The lowest BCUT2D eigenvalue weighted by molar-refractivity contribution is 0.0948. The Balaban J connectivity index is 2.23. The van der Waals surface area contributed by atoms with Crippen LogP contribution in [0.15, 0.2) is 22.8 Å². The molecule has 0 aliphatic carbocycles. The van der Waals surface area contributed by atoms with Crippen molar-refractivity contribution in [1.29, 1.82) is 0 Å². The lowest BCUT2D eigenvalue weighted by Crippen LogP contribution is -2.26. The van der Waals surface area contributed by atoms with Crippen LogP contribution in [0, 0.1) is 0 Å². The molecule has 0 saturated heterocycles. The summed E-state index contributed by atoms with van der Waals surface area (Å²) >= 11 is 3.28. The number of unbranched alkanes of at least 4 members (excludes halogenated alkanes) is 1. The number of hydrogen-bond donors (Lipinski definition) is 1. The van der Waals surface area contributed by atoms with Crippen molar-refractivity contribution in [1.82, 2.24) is 15.2 Å². The first-order valence-corrected chi connectivity index (χ1v) is 6.43.